The van der Waals surface area contributed by atoms with E-state index in [-0.39, 0.29) is 9.77 Å². The first-order valence-corrected chi connectivity index (χ1v) is 8.19. The monoisotopic (exact) mass is 327 g/mol. The van der Waals surface area contributed by atoms with Gasteiger partial charge >= 0.3 is 5.97 Å². The van der Waals surface area contributed by atoms with E-state index in [2.05, 4.69) is 4.72 Å². The fourth-order valence-electron chi connectivity index (χ4n) is 1.72. The number of carbonyl (C=O) groups is 1. The van der Waals surface area contributed by atoms with Gasteiger partial charge in [-0.25, -0.2) is 13.2 Å². The lowest BCUT2D eigenvalue weighted by Gasteiger charge is -2.09. The predicted molar refractivity (Wildman–Crippen MR) is 79.8 cm³/mol. The molecule has 0 amide bonds. The Hall–Kier alpha value is -2.06. The number of carboxylic acids is 1. The molecule has 0 bridgehead atoms. The highest BCUT2D eigenvalue weighted by atomic mass is 32.2. The molecule has 0 saturated heterocycles. The molecule has 0 aliphatic rings. The van der Waals surface area contributed by atoms with Gasteiger partial charge in [-0.1, -0.05) is 0 Å². The fraction of sp³-hybridized carbons (Fsp3) is 0.154. The van der Waals surface area contributed by atoms with Crippen molar-refractivity contribution in [2.75, 3.05) is 11.8 Å². The van der Waals surface area contributed by atoms with Crippen molar-refractivity contribution in [3.63, 3.8) is 0 Å². The Kier molecular flexibility index (Phi) is 4.19. The van der Waals surface area contributed by atoms with Gasteiger partial charge in [0.2, 0.25) is 0 Å². The van der Waals surface area contributed by atoms with E-state index in [1.807, 2.05) is 0 Å². The number of thiophene rings is 1. The molecular formula is C13H13NO5S2. The summed E-state index contributed by atoms with van der Waals surface area (Å²) in [6.45, 7) is 1.80. The van der Waals surface area contributed by atoms with Crippen LogP contribution in [-0.2, 0) is 10.0 Å². The minimum Gasteiger partial charge on any atom is -0.496 e. The highest BCUT2D eigenvalue weighted by molar-refractivity contribution is 7.94. The number of aromatic carboxylic acids is 1. The van der Waals surface area contributed by atoms with Crippen molar-refractivity contribution in [3.8, 4) is 5.75 Å². The molecule has 0 aliphatic carbocycles. The van der Waals surface area contributed by atoms with E-state index >= 15 is 0 Å². The molecular weight excluding hydrogens is 314 g/mol. The first kappa shape index (κ1) is 15.3. The summed E-state index contributed by atoms with van der Waals surface area (Å²) in [7, 11) is -2.26. The van der Waals surface area contributed by atoms with Gasteiger partial charge < -0.3 is 9.84 Å². The summed E-state index contributed by atoms with van der Waals surface area (Å²) < 4.78 is 31.8. The molecule has 112 valence electrons. The van der Waals surface area contributed by atoms with E-state index in [9.17, 15) is 13.2 Å². The number of hydrogen-bond donors (Lipinski definition) is 2. The fourth-order valence-corrected chi connectivity index (χ4v) is 3.92. The third-order valence-electron chi connectivity index (χ3n) is 2.73. The molecule has 0 fully saturated rings. The van der Waals surface area contributed by atoms with Gasteiger partial charge in [0, 0.05) is 11.1 Å². The molecule has 21 heavy (non-hydrogen) atoms. The smallest absolute Gasteiger partial charge is 0.336 e. The third kappa shape index (κ3) is 3.34. The van der Waals surface area contributed by atoms with Gasteiger partial charge in [-0.05, 0) is 36.8 Å². The second-order valence-electron chi connectivity index (χ2n) is 4.25. The van der Waals surface area contributed by atoms with Crippen LogP contribution < -0.4 is 9.46 Å². The molecule has 2 aromatic rings. The van der Waals surface area contributed by atoms with E-state index in [4.69, 9.17) is 9.84 Å². The number of hydrogen-bond acceptors (Lipinski definition) is 5. The van der Waals surface area contributed by atoms with Crippen LogP contribution in [-0.4, -0.2) is 26.6 Å². The van der Waals surface area contributed by atoms with Crippen LogP contribution >= 0.6 is 11.3 Å². The van der Waals surface area contributed by atoms with Gasteiger partial charge in [-0.2, -0.15) is 0 Å². The van der Waals surface area contributed by atoms with Gasteiger partial charge in [-0.3, -0.25) is 4.72 Å². The van der Waals surface area contributed by atoms with Crippen molar-refractivity contribution >= 4 is 33.0 Å². The number of aryl methyl sites for hydroxylation is 1. The largest absolute Gasteiger partial charge is 0.496 e. The normalized spacial score (nSPS) is 11.1. The maximum atomic E-state index is 12.2. The van der Waals surface area contributed by atoms with E-state index in [0.29, 0.717) is 11.4 Å². The first-order chi connectivity index (χ1) is 9.83. The van der Waals surface area contributed by atoms with Crippen LogP contribution in [0.15, 0.2) is 33.9 Å². The predicted octanol–water partition coefficient (Wildman–Crippen LogP) is 2.56. The minimum atomic E-state index is -3.80. The Morgan fingerprint density at radius 3 is 2.57 bits per heavy atom. The van der Waals surface area contributed by atoms with Crippen LogP contribution in [0.4, 0.5) is 5.69 Å². The van der Waals surface area contributed by atoms with Gasteiger partial charge in [0.25, 0.3) is 10.0 Å². The van der Waals surface area contributed by atoms with Gasteiger partial charge in [0.05, 0.1) is 12.7 Å². The molecule has 0 saturated carbocycles. The lowest BCUT2D eigenvalue weighted by Crippen LogP contribution is -2.11. The summed E-state index contributed by atoms with van der Waals surface area (Å²) in [5.41, 5.74) is 1.12. The van der Waals surface area contributed by atoms with Gasteiger partial charge in [-0.15, -0.1) is 11.3 Å². The molecule has 6 nitrogen and oxygen atoms in total. The second-order valence-corrected chi connectivity index (χ2v) is 7.07. The number of benzene rings is 1. The minimum absolute atomic E-state index is 0.0478. The number of carboxylic acid groups (broad SMARTS) is 1. The molecule has 0 radical (unpaired) electrons. The van der Waals surface area contributed by atoms with Crippen molar-refractivity contribution in [3.05, 3.63) is 40.8 Å². The van der Waals surface area contributed by atoms with Crippen LogP contribution in [0.1, 0.15) is 15.9 Å². The summed E-state index contributed by atoms with van der Waals surface area (Å²) in [6, 6.07) is 6.01. The van der Waals surface area contributed by atoms with E-state index < -0.39 is 16.0 Å². The lowest BCUT2D eigenvalue weighted by molar-refractivity contribution is 0.0697. The van der Waals surface area contributed by atoms with Crippen molar-refractivity contribution in [2.45, 2.75) is 11.1 Å². The molecule has 8 heteroatoms. The number of nitrogens with one attached hydrogen (secondary N) is 1. The first-order valence-electron chi connectivity index (χ1n) is 5.83. The Labute approximate surface area is 126 Å². The molecule has 2 rings (SSSR count). The van der Waals surface area contributed by atoms with Crippen molar-refractivity contribution in [1.82, 2.24) is 0 Å². The zero-order valence-corrected chi connectivity index (χ0v) is 12.9. The molecule has 0 spiro atoms. The summed E-state index contributed by atoms with van der Waals surface area (Å²) in [6.07, 6.45) is 0. The summed E-state index contributed by atoms with van der Waals surface area (Å²) in [5, 5.41) is 10.1. The summed E-state index contributed by atoms with van der Waals surface area (Å²) >= 11 is 0.860. The van der Waals surface area contributed by atoms with Gasteiger partial charge in [0.15, 0.2) is 0 Å². The number of rotatable bonds is 5. The average Bonchev–Trinajstić information content (AvgIpc) is 2.89. The Morgan fingerprint density at radius 2 is 2.05 bits per heavy atom. The molecule has 0 unspecified atom stereocenters. The quantitative estimate of drug-likeness (QED) is 0.880. The molecule has 1 aromatic carbocycles. The van der Waals surface area contributed by atoms with Crippen molar-refractivity contribution in [2.24, 2.45) is 0 Å². The van der Waals surface area contributed by atoms with Crippen LogP contribution in [0.25, 0.3) is 0 Å². The number of sulfonamides is 1. The molecule has 1 heterocycles. The van der Waals surface area contributed by atoms with Crippen LogP contribution in [0, 0.1) is 6.92 Å². The molecule has 0 atom stereocenters. The van der Waals surface area contributed by atoms with Crippen molar-refractivity contribution < 1.29 is 23.1 Å². The maximum Gasteiger partial charge on any atom is 0.336 e. The SMILES string of the molecule is COc1ccc(NS(=O)(=O)c2cc(C(=O)O)cs2)cc1C. The topological polar surface area (TPSA) is 92.7 Å². The van der Waals surface area contributed by atoms with Crippen molar-refractivity contribution in [1.29, 1.82) is 0 Å². The second kappa shape index (κ2) is 5.74. The van der Waals surface area contributed by atoms with Crippen LogP contribution in [0.3, 0.4) is 0 Å². The number of methoxy groups -OCH3 is 1. The van der Waals surface area contributed by atoms with Crippen LogP contribution in [0.2, 0.25) is 0 Å². The molecule has 1 aromatic heterocycles. The highest BCUT2D eigenvalue weighted by Crippen LogP contribution is 2.26. The van der Waals surface area contributed by atoms with E-state index in [1.165, 1.54) is 12.5 Å². The summed E-state index contributed by atoms with van der Waals surface area (Å²) in [4.78, 5) is 10.8. The lowest BCUT2D eigenvalue weighted by atomic mass is 10.2. The van der Waals surface area contributed by atoms with Crippen LogP contribution in [0.5, 0.6) is 5.75 Å². The zero-order chi connectivity index (χ0) is 15.6. The zero-order valence-electron chi connectivity index (χ0n) is 11.3. The summed E-state index contributed by atoms with van der Waals surface area (Å²) in [5.74, 6) is -0.504. The number of ether oxygens (including phenoxy) is 1. The average molecular weight is 327 g/mol. The Bertz CT molecular complexity index is 780. The maximum absolute atomic E-state index is 12.2. The van der Waals surface area contributed by atoms with E-state index in [0.717, 1.165) is 23.0 Å². The highest BCUT2D eigenvalue weighted by Gasteiger charge is 2.19. The Morgan fingerprint density at radius 1 is 1.33 bits per heavy atom. The van der Waals surface area contributed by atoms with E-state index in [1.54, 1.807) is 25.1 Å². The third-order valence-corrected chi connectivity index (χ3v) is 5.56. The number of anilines is 1. The standard InChI is InChI=1S/C13H13NO5S2/c1-8-5-10(3-4-11(8)19-2)14-21(17,18)12-6-9(7-20-12)13(15)16/h3-7,14H,1-2H3,(H,15,16). The van der Waals surface area contributed by atoms with Gasteiger partial charge in [0.1, 0.15) is 9.96 Å². The Balaban J connectivity index is 2.28. The molecule has 0 aliphatic heterocycles. The molecule has 2 N–H and O–H groups in total.